The van der Waals surface area contributed by atoms with E-state index in [-0.39, 0.29) is 23.7 Å². The lowest BCUT2D eigenvalue weighted by Crippen LogP contribution is -2.52. The van der Waals surface area contributed by atoms with Gasteiger partial charge in [0, 0.05) is 40.4 Å². The maximum absolute atomic E-state index is 14.3. The fraction of sp³-hybridized carbons (Fsp3) is 0.259. The van der Waals surface area contributed by atoms with Crippen LogP contribution in [0.4, 0.5) is 5.69 Å². The Morgan fingerprint density at radius 3 is 2.50 bits per heavy atom. The highest BCUT2D eigenvalue weighted by Gasteiger charge is 2.69. The van der Waals surface area contributed by atoms with Crippen molar-refractivity contribution in [2.24, 2.45) is 5.92 Å². The lowest BCUT2D eigenvalue weighted by Gasteiger charge is -2.36. The fourth-order valence-electron chi connectivity index (χ4n) is 5.98. The molecule has 0 radical (unpaired) electrons. The van der Waals surface area contributed by atoms with E-state index in [4.69, 9.17) is 0 Å². The number of hydrogen-bond donors (Lipinski definition) is 1. The molecule has 6 rings (SSSR count). The zero-order valence-corrected chi connectivity index (χ0v) is 18.6. The minimum absolute atomic E-state index is 0.0464. The highest BCUT2D eigenvalue weighted by molar-refractivity contribution is 7.99. The number of Topliss-reactive ketones (excluding diaryl/α,β-unsaturated/α-hetero) is 1. The number of anilines is 1. The molecule has 0 aliphatic carbocycles. The fourth-order valence-corrected chi connectivity index (χ4v) is 7.30. The summed E-state index contributed by atoms with van der Waals surface area (Å²) in [4.78, 5) is 30.4. The van der Waals surface area contributed by atoms with Crippen LogP contribution in [0.15, 0.2) is 78.9 Å². The normalized spacial score (nSPS) is 28.5. The van der Waals surface area contributed by atoms with E-state index in [1.165, 1.54) is 0 Å². The van der Waals surface area contributed by atoms with Gasteiger partial charge in [0.25, 0.3) is 0 Å². The average Bonchev–Trinajstić information content (AvgIpc) is 3.48. The van der Waals surface area contributed by atoms with Crippen LogP contribution in [0, 0.1) is 12.8 Å². The second-order valence-corrected chi connectivity index (χ2v) is 9.95. The zero-order valence-electron chi connectivity index (χ0n) is 17.8. The summed E-state index contributed by atoms with van der Waals surface area (Å²) in [5.74, 6) is 1.07. The zero-order chi connectivity index (χ0) is 21.9. The number of amides is 1. The van der Waals surface area contributed by atoms with Gasteiger partial charge in [-0.15, -0.1) is 11.8 Å². The predicted molar refractivity (Wildman–Crippen MR) is 128 cm³/mol. The minimum Gasteiger partial charge on any atom is -0.324 e. The Morgan fingerprint density at radius 1 is 1.00 bits per heavy atom. The molecule has 1 spiro atoms. The SMILES string of the molecule is Cc1ccc(C(=O)[C@@H]2[C@H](c3ccccc3)[C@H]3CSCN3[C@@]23C(=O)Nc2ccccc23)cc1. The second kappa shape index (κ2) is 7.32. The van der Waals surface area contributed by atoms with Gasteiger partial charge in [-0.25, -0.2) is 0 Å². The van der Waals surface area contributed by atoms with Crippen LogP contribution in [-0.4, -0.2) is 34.3 Å². The molecule has 4 atom stereocenters. The van der Waals surface area contributed by atoms with Crippen molar-refractivity contribution in [3.8, 4) is 0 Å². The predicted octanol–water partition coefficient (Wildman–Crippen LogP) is 4.81. The van der Waals surface area contributed by atoms with Gasteiger partial charge in [0.2, 0.25) is 5.91 Å². The van der Waals surface area contributed by atoms with E-state index in [2.05, 4.69) is 22.3 Å². The molecule has 3 aromatic rings. The molecular formula is C27H24N2O2S. The first kappa shape index (κ1) is 19.8. The number of rotatable bonds is 3. The van der Waals surface area contributed by atoms with Gasteiger partial charge in [0.1, 0.15) is 5.54 Å². The van der Waals surface area contributed by atoms with E-state index in [1.807, 2.05) is 85.4 Å². The molecule has 3 heterocycles. The highest BCUT2D eigenvalue weighted by atomic mass is 32.2. The number of aryl methyl sites for hydroxylation is 1. The number of benzene rings is 3. The standard InChI is InChI=1S/C27H24N2O2S/c1-17-11-13-19(14-12-17)25(30)24-23(18-7-3-2-4-8-18)22-15-32-16-29(22)27(24)20-9-5-6-10-21(20)28-26(27)31/h2-14,22-24H,15-16H2,1H3,(H,28,31)/t22-,23-,24+,27-/m1/s1. The van der Waals surface area contributed by atoms with Crippen LogP contribution in [0.3, 0.4) is 0 Å². The molecule has 160 valence electrons. The average molecular weight is 441 g/mol. The summed E-state index contributed by atoms with van der Waals surface area (Å²) in [6.45, 7) is 2.02. The third-order valence-corrected chi connectivity index (χ3v) is 8.37. The number of carbonyl (C=O) groups is 2. The van der Waals surface area contributed by atoms with Gasteiger partial charge in [-0.2, -0.15) is 0 Å². The molecule has 3 aliphatic rings. The molecule has 1 amide bonds. The summed E-state index contributed by atoms with van der Waals surface area (Å²) in [6, 6.07) is 26.1. The summed E-state index contributed by atoms with van der Waals surface area (Å²) >= 11 is 1.85. The Labute approximate surface area is 192 Å². The van der Waals surface area contributed by atoms with Gasteiger partial charge in [-0.3, -0.25) is 14.5 Å². The first-order chi connectivity index (χ1) is 15.6. The number of fused-ring (bicyclic) bond motifs is 4. The third kappa shape index (κ3) is 2.61. The van der Waals surface area contributed by atoms with Gasteiger partial charge in [-0.1, -0.05) is 78.4 Å². The lowest BCUT2D eigenvalue weighted by molar-refractivity contribution is -0.127. The lowest BCUT2D eigenvalue weighted by atomic mass is 9.69. The van der Waals surface area contributed by atoms with E-state index in [0.29, 0.717) is 5.56 Å². The number of nitrogens with zero attached hydrogens (tertiary/aromatic N) is 1. The smallest absolute Gasteiger partial charge is 0.250 e. The van der Waals surface area contributed by atoms with Gasteiger partial charge in [-0.05, 0) is 18.6 Å². The van der Waals surface area contributed by atoms with Crippen molar-refractivity contribution in [2.45, 2.75) is 24.4 Å². The topological polar surface area (TPSA) is 49.4 Å². The number of nitrogens with one attached hydrogen (secondary N) is 1. The Hall–Kier alpha value is -2.89. The summed E-state index contributed by atoms with van der Waals surface area (Å²) in [5.41, 5.74) is 3.68. The number of thioether (sulfide) groups is 1. The van der Waals surface area contributed by atoms with Crippen LogP contribution < -0.4 is 5.32 Å². The first-order valence-electron chi connectivity index (χ1n) is 11.0. The second-order valence-electron chi connectivity index (χ2n) is 8.95. The molecular weight excluding hydrogens is 416 g/mol. The Balaban J connectivity index is 1.61. The van der Waals surface area contributed by atoms with Crippen molar-refractivity contribution >= 4 is 29.1 Å². The van der Waals surface area contributed by atoms with Crippen LogP contribution in [-0.2, 0) is 10.3 Å². The van der Waals surface area contributed by atoms with E-state index < -0.39 is 11.5 Å². The van der Waals surface area contributed by atoms with Crippen LogP contribution in [0.5, 0.6) is 0 Å². The number of carbonyl (C=O) groups excluding carboxylic acids is 2. The maximum Gasteiger partial charge on any atom is 0.250 e. The van der Waals surface area contributed by atoms with Gasteiger partial charge in [0.05, 0.1) is 5.92 Å². The van der Waals surface area contributed by atoms with Crippen molar-refractivity contribution in [3.63, 3.8) is 0 Å². The number of para-hydroxylation sites is 1. The summed E-state index contributed by atoms with van der Waals surface area (Å²) in [7, 11) is 0. The molecule has 0 aromatic heterocycles. The maximum atomic E-state index is 14.3. The number of ketones is 1. The van der Waals surface area contributed by atoms with E-state index >= 15 is 0 Å². The molecule has 0 unspecified atom stereocenters. The quantitative estimate of drug-likeness (QED) is 0.594. The van der Waals surface area contributed by atoms with E-state index in [0.717, 1.165) is 34.0 Å². The van der Waals surface area contributed by atoms with Crippen molar-refractivity contribution < 1.29 is 9.59 Å². The third-order valence-electron chi connectivity index (χ3n) is 7.33. The monoisotopic (exact) mass is 440 g/mol. The van der Waals surface area contributed by atoms with E-state index in [9.17, 15) is 9.59 Å². The largest absolute Gasteiger partial charge is 0.324 e. The van der Waals surface area contributed by atoms with Crippen LogP contribution in [0.2, 0.25) is 0 Å². The summed E-state index contributed by atoms with van der Waals surface area (Å²) in [5, 5.41) is 3.12. The van der Waals surface area contributed by atoms with Gasteiger partial charge >= 0.3 is 0 Å². The molecule has 0 bridgehead atoms. The summed E-state index contributed by atoms with van der Waals surface area (Å²) in [6.07, 6.45) is 0. The first-order valence-corrected chi connectivity index (χ1v) is 12.2. The molecule has 2 fully saturated rings. The van der Waals surface area contributed by atoms with Gasteiger partial charge < -0.3 is 5.32 Å². The molecule has 1 N–H and O–H groups in total. The van der Waals surface area contributed by atoms with Crippen LogP contribution in [0.25, 0.3) is 0 Å². The van der Waals surface area contributed by atoms with Crippen LogP contribution in [0.1, 0.15) is 33.0 Å². The molecule has 4 nitrogen and oxygen atoms in total. The van der Waals surface area contributed by atoms with E-state index in [1.54, 1.807) is 0 Å². The molecule has 3 aromatic carbocycles. The highest BCUT2D eigenvalue weighted by Crippen LogP contribution is 2.61. The van der Waals surface area contributed by atoms with Gasteiger partial charge in [0.15, 0.2) is 5.78 Å². The number of hydrogen-bond acceptors (Lipinski definition) is 4. The molecule has 3 aliphatic heterocycles. The summed E-state index contributed by atoms with van der Waals surface area (Å²) < 4.78 is 0. The molecule has 2 saturated heterocycles. The Morgan fingerprint density at radius 2 is 1.72 bits per heavy atom. The van der Waals surface area contributed by atoms with Crippen molar-refractivity contribution in [3.05, 3.63) is 101 Å². The molecule has 5 heteroatoms. The minimum atomic E-state index is -0.993. The van der Waals surface area contributed by atoms with Crippen molar-refractivity contribution in [2.75, 3.05) is 16.9 Å². The molecule has 32 heavy (non-hydrogen) atoms. The molecule has 0 saturated carbocycles. The van der Waals surface area contributed by atoms with Crippen LogP contribution >= 0.6 is 11.8 Å². The van der Waals surface area contributed by atoms with Crippen molar-refractivity contribution in [1.82, 2.24) is 4.90 Å². The Bertz CT molecular complexity index is 1210. The Kier molecular flexibility index (Phi) is 4.52. The van der Waals surface area contributed by atoms with Crippen molar-refractivity contribution in [1.29, 1.82) is 0 Å².